The van der Waals surface area contributed by atoms with Crippen LogP contribution in [0.2, 0.25) is 0 Å². The van der Waals surface area contributed by atoms with Gasteiger partial charge in [-0.05, 0) is 51.3 Å². The molecule has 0 unspecified atom stereocenters. The van der Waals surface area contributed by atoms with Crippen LogP contribution in [0.1, 0.15) is 119 Å². The second-order valence-corrected chi connectivity index (χ2v) is 14.7. The summed E-state index contributed by atoms with van der Waals surface area (Å²) in [7, 11) is -1.62. The molecule has 2 rings (SSSR count). The molecule has 0 aliphatic carbocycles. The highest BCUT2D eigenvalue weighted by molar-refractivity contribution is 7.42. The topological polar surface area (TPSA) is 27.7 Å². The Morgan fingerprint density at radius 1 is 0.571 bits per heavy atom. The number of hydrogen-bond donors (Lipinski definition) is 0. The molecule has 196 valence electrons. The van der Waals surface area contributed by atoms with Crippen LogP contribution in [-0.4, -0.2) is 6.61 Å². The molecule has 0 bridgehead atoms. The van der Waals surface area contributed by atoms with Crippen LogP contribution in [0.5, 0.6) is 11.5 Å². The molecule has 2 aromatic carbocycles. The lowest BCUT2D eigenvalue weighted by molar-refractivity contribution is 0.263. The Hall–Kier alpha value is -1.57. The van der Waals surface area contributed by atoms with E-state index in [-0.39, 0.29) is 21.7 Å². The lowest BCUT2D eigenvalue weighted by atomic mass is 9.80. The van der Waals surface area contributed by atoms with Gasteiger partial charge < -0.3 is 9.05 Å². The highest BCUT2D eigenvalue weighted by atomic mass is 31.2. The largest absolute Gasteiger partial charge is 0.463 e. The Balaban J connectivity index is 2.50. The molecule has 4 heteroatoms. The van der Waals surface area contributed by atoms with Gasteiger partial charge in [-0.15, -0.1) is 0 Å². The maximum atomic E-state index is 6.53. The van der Waals surface area contributed by atoms with Crippen molar-refractivity contribution in [2.45, 2.75) is 118 Å². The van der Waals surface area contributed by atoms with E-state index in [0.29, 0.717) is 6.61 Å². The minimum Gasteiger partial charge on any atom is -0.417 e. The van der Waals surface area contributed by atoms with Gasteiger partial charge in [0.05, 0.1) is 6.61 Å². The lowest BCUT2D eigenvalue weighted by Gasteiger charge is -2.30. The van der Waals surface area contributed by atoms with Crippen LogP contribution in [0.25, 0.3) is 0 Å². The van der Waals surface area contributed by atoms with Crippen molar-refractivity contribution >= 4 is 8.60 Å². The molecule has 0 N–H and O–H groups in total. The first-order valence-electron chi connectivity index (χ1n) is 12.9. The Kier molecular flexibility index (Phi) is 9.16. The van der Waals surface area contributed by atoms with Gasteiger partial charge in [0, 0.05) is 11.1 Å². The minimum absolute atomic E-state index is 0.0644. The van der Waals surface area contributed by atoms with Crippen molar-refractivity contribution in [1.82, 2.24) is 0 Å². The first-order valence-corrected chi connectivity index (χ1v) is 14.0. The van der Waals surface area contributed by atoms with Gasteiger partial charge >= 0.3 is 8.60 Å². The molecule has 0 aliphatic heterocycles. The van der Waals surface area contributed by atoms with Crippen molar-refractivity contribution in [3.8, 4) is 11.5 Å². The number of hydrogen-bond acceptors (Lipinski definition) is 3. The molecule has 0 atom stereocenters. The van der Waals surface area contributed by atoms with Crippen molar-refractivity contribution in [3.05, 3.63) is 58.7 Å². The monoisotopic (exact) mass is 500 g/mol. The van der Waals surface area contributed by atoms with Gasteiger partial charge in [0.15, 0.2) is 0 Å². The van der Waals surface area contributed by atoms with E-state index in [1.165, 1.54) is 22.3 Å². The van der Waals surface area contributed by atoms with Gasteiger partial charge in [0.1, 0.15) is 11.5 Å². The average Bonchev–Trinajstić information content (AvgIpc) is 2.69. The van der Waals surface area contributed by atoms with Crippen LogP contribution < -0.4 is 9.05 Å². The van der Waals surface area contributed by atoms with Gasteiger partial charge in [-0.2, -0.15) is 0 Å². The summed E-state index contributed by atoms with van der Waals surface area (Å²) in [5.74, 6) is 1.66. The molecule has 0 aliphatic rings. The summed E-state index contributed by atoms with van der Waals surface area (Å²) in [4.78, 5) is 0. The van der Waals surface area contributed by atoms with Crippen molar-refractivity contribution in [3.63, 3.8) is 0 Å². The SMILES string of the molecule is CCCOP(Oc1ccc(C(C)(C)C)cc1C(C)(C)C)Oc1ccc(C(C)(C)C)cc1C(C)(C)C. The molecule has 0 aromatic heterocycles. The lowest BCUT2D eigenvalue weighted by Crippen LogP contribution is -2.18. The quantitative estimate of drug-likeness (QED) is 0.354. The molecule has 0 radical (unpaired) electrons. The van der Waals surface area contributed by atoms with Gasteiger partial charge in [0.2, 0.25) is 0 Å². The molecule has 0 spiro atoms. The number of rotatable bonds is 7. The maximum Gasteiger partial charge on any atom is 0.463 e. The van der Waals surface area contributed by atoms with Gasteiger partial charge in [-0.1, -0.05) is 114 Å². The third-order valence-electron chi connectivity index (χ3n) is 6.05. The van der Waals surface area contributed by atoms with Gasteiger partial charge in [-0.25, -0.2) is 0 Å². The fraction of sp³-hybridized carbons (Fsp3) is 0.613. The van der Waals surface area contributed by atoms with Crippen LogP contribution in [-0.2, 0) is 26.2 Å². The normalized spacial score (nSPS) is 13.3. The third kappa shape index (κ3) is 8.22. The van der Waals surface area contributed by atoms with Crippen molar-refractivity contribution < 1.29 is 13.6 Å². The van der Waals surface area contributed by atoms with E-state index >= 15 is 0 Å². The van der Waals surface area contributed by atoms with Crippen molar-refractivity contribution in [2.75, 3.05) is 6.61 Å². The van der Waals surface area contributed by atoms with E-state index in [0.717, 1.165) is 17.9 Å². The highest BCUT2D eigenvalue weighted by Crippen LogP contribution is 2.48. The summed E-state index contributed by atoms with van der Waals surface area (Å²) in [5.41, 5.74) is 4.90. The Morgan fingerprint density at radius 3 is 1.23 bits per heavy atom. The first kappa shape index (κ1) is 29.7. The molecular weight excluding hydrogens is 451 g/mol. The molecule has 2 aromatic rings. The molecule has 0 fully saturated rings. The fourth-order valence-electron chi connectivity index (χ4n) is 3.72. The highest BCUT2D eigenvalue weighted by Gasteiger charge is 2.29. The zero-order valence-electron chi connectivity index (χ0n) is 24.6. The maximum absolute atomic E-state index is 6.53. The molecule has 35 heavy (non-hydrogen) atoms. The summed E-state index contributed by atoms with van der Waals surface area (Å²) < 4.78 is 19.2. The summed E-state index contributed by atoms with van der Waals surface area (Å²) in [6.45, 7) is 29.5. The van der Waals surface area contributed by atoms with Crippen LogP contribution >= 0.6 is 8.60 Å². The number of benzene rings is 2. The van der Waals surface area contributed by atoms with E-state index in [9.17, 15) is 0 Å². The zero-order valence-corrected chi connectivity index (χ0v) is 25.4. The second-order valence-electron chi connectivity index (χ2n) is 13.7. The van der Waals surface area contributed by atoms with E-state index in [4.69, 9.17) is 13.6 Å². The standard InChI is InChI=1S/C31H49O3P/c1-14-19-32-35(33-26-17-15-22(28(2,3)4)20-24(26)30(8,9)10)34-27-18-16-23(29(5,6)7)21-25(27)31(11,12)13/h15-18,20-21H,14,19H2,1-13H3. The summed E-state index contributed by atoms with van der Waals surface area (Å²) in [5, 5.41) is 0. The van der Waals surface area contributed by atoms with E-state index in [1.54, 1.807) is 0 Å². The molecule has 0 saturated heterocycles. The van der Waals surface area contributed by atoms with E-state index < -0.39 is 8.60 Å². The molecule has 0 saturated carbocycles. The summed E-state index contributed by atoms with van der Waals surface area (Å²) in [6, 6.07) is 13.1. The smallest absolute Gasteiger partial charge is 0.417 e. The van der Waals surface area contributed by atoms with Crippen molar-refractivity contribution in [1.29, 1.82) is 0 Å². The van der Waals surface area contributed by atoms with E-state index in [1.807, 2.05) is 0 Å². The third-order valence-corrected chi connectivity index (χ3v) is 7.14. The zero-order chi connectivity index (χ0) is 26.8. The Labute approximate surface area is 217 Å². The first-order chi connectivity index (χ1) is 15.8. The predicted octanol–water partition coefficient (Wildman–Crippen LogP) is 9.99. The second kappa shape index (κ2) is 10.8. The molecule has 0 heterocycles. The molecular formula is C31H49O3P. The molecule has 3 nitrogen and oxygen atoms in total. The van der Waals surface area contributed by atoms with Crippen LogP contribution in [0.15, 0.2) is 36.4 Å². The Morgan fingerprint density at radius 2 is 0.943 bits per heavy atom. The van der Waals surface area contributed by atoms with Gasteiger partial charge in [-0.3, -0.25) is 4.52 Å². The fourth-order valence-corrected chi connectivity index (χ4v) is 4.84. The van der Waals surface area contributed by atoms with Crippen LogP contribution in [0, 0.1) is 0 Å². The van der Waals surface area contributed by atoms with Crippen LogP contribution in [0.3, 0.4) is 0 Å². The van der Waals surface area contributed by atoms with E-state index in [2.05, 4.69) is 126 Å². The van der Waals surface area contributed by atoms with Gasteiger partial charge in [0.25, 0.3) is 0 Å². The summed E-state index contributed by atoms with van der Waals surface area (Å²) in [6.07, 6.45) is 0.899. The molecule has 0 amide bonds. The van der Waals surface area contributed by atoms with Crippen LogP contribution in [0.4, 0.5) is 0 Å². The Bertz CT molecular complexity index is 905. The van der Waals surface area contributed by atoms with Crippen molar-refractivity contribution in [2.24, 2.45) is 0 Å². The summed E-state index contributed by atoms with van der Waals surface area (Å²) >= 11 is 0. The average molecular weight is 501 g/mol. The minimum atomic E-state index is -1.62. The predicted molar refractivity (Wildman–Crippen MR) is 152 cm³/mol.